The van der Waals surface area contributed by atoms with Crippen molar-refractivity contribution in [2.24, 2.45) is 0 Å². The van der Waals surface area contributed by atoms with Gasteiger partial charge < -0.3 is 0 Å². The van der Waals surface area contributed by atoms with E-state index < -0.39 is 0 Å². The number of fused-ring (bicyclic) bond motifs is 9. The van der Waals surface area contributed by atoms with Gasteiger partial charge in [-0.3, -0.25) is 4.40 Å². The minimum absolute atomic E-state index is 0.970. The van der Waals surface area contributed by atoms with Gasteiger partial charge in [0.05, 0.1) is 27.6 Å². The van der Waals surface area contributed by atoms with Crippen molar-refractivity contribution in [2.75, 3.05) is 0 Å². The second-order valence-electron chi connectivity index (χ2n) is 10.6. The molecule has 0 unspecified atom stereocenters. The number of hydrogen-bond donors (Lipinski definition) is 0. The number of rotatable bonds is 2. The molecule has 3 heteroatoms. The fourth-order valence-corrected chi connectivity index (χ4v) is 6.47. The van der Waals surface area contributed by atoms with Crippen LogP contribution in [0.3, 0.4) is 0 Å². The first-order valence-electron chi connectivity index (χ1n) is 13.9. The van der Waals surface area contributed by atoms with Crippen LogP contribution in [0.1, 0.15) is 0 Å². The van der Waals surface area contributed by atoms with Crippen molar-refractivity contribution < 1.29 is 0 Å². The third-order valence-corrected chi connectivity index (χ3v) is 8.32. The SMILES string of the molecule is c1cc(-c2c3ccccc3nc3c2ccc2ccccc23)cc(-c2cc3ccccc3n3c2nc2ccccc23)c1. The molecule has 0 aliphatic carbocycles. The Balaban J connectivity index is 1.37. The molecular formula is C38H23N3. The van der Waals surface area contributed by atoms with Crippen molar-refractivity contribution in [3.05, 3.63) is 140 Å². The summed E-state index contributed by atoms with van der Waals surface area (Å²) in [6.45, 7) is 0. The molecule has 0 amide bonds. The number of hydrogen-bond acceptors (Lipinski definition) is 2. The quantitative estimate of drug-likeness (QED) is 0.167. The van der Waals surface area contributed by atoms with E-state index in [1.165, 1.54) is 27.3 Å². The molecule has 0 atom stereocenters. The van der Waals surface area contributed by atoms with E-state index in [4.69, 9.17) is 9.97 Å². The molecule has 0 aliphatic heterocycles. The number of pyridine rings is 2. The normalized spacial score (nSPS) is 11.9. The molecule has 0 saturated heterocycles. The summed E-state index contributed by atoms with van der Waals surface area (Å²) in [6, 6.07) is 49.6. The first-order valence-corrected chi connectivity index (χ1v) is 13.9. The fourth-order valence-electron chi connectivity index (χ4n) is 6.47. The summed E-state index contributed by atoms with van der Waals surface area (Å²) in [7, 11) is 0. The van der Waals surface area contributed by atoms with Crippen LogP contribution in [0.25, 0.3) is 82.4 Å². The molecule has 190 valence electrons. The lowest BCUT2D eigenvalue weighted by atomic mass is 9.92. The molecule has 0 bridgehead atoms. The Morgan fingerprint density at radius 1 is 0.439 bits per heavy atom. The van der Waals surface area contributed by atoms with Gasteiger partial charge in [0.15, 0.2) is 0 Å². The van der Waals surface area contributed by atoms with E-state index in [2.05, 4.69) is 144 Å². The predicted molar refractivity (Wildman–Crippen MR) is 171 cm³/mol. The summed E-state index contributed by atoms with van der Waals surface area (Å²) < 4.78 is 2.30. The van der Waals surface area contributed by atoms with Crippen LogP contribution < -0.4 is 0 Å². The smallest absolute Gasteiger partial charge is 0.146 e. The highest BCUT2D eigenvalue weighted by Gasteiger charge is 2.17. The van der Waals surface area contributed by atoms with E-state index in [-0.39, 0.29) is 0 Å². The van der Waals surface area contributed by atoms with Crippen LogP contribution in [0.4, 0.5) is 0 Å². The first kappa shape index (κ1) is 22.3. The number of imidazole rings is 1. The highest BCUT2D eigenvalue weighted by molar-refractivity contribution is 6.17. The summed E-state index contributed by atoms with van der Waals surface area (Å²) in [5, 5.41) is 5.88. The maximum Gasteiger partial charge on any atom is 0.146 e. The van der Waals surface area contributed by atoms with Gasteiger partial charge in [-0.2, -0.15) is 0 Å². The lowest BCUT2D eigenvalue weighted by Crippen LogP contribution is -1.93. The molecule has 0 spiro atoms. The molecule has 0 aliphatic rings. The average molecular weight is 522 g/mol. The zero-order chi connectivity index (χ0) is 26.9. The van der Waals surface area contributed by atoms with Crippen molar-refractivity contribution in [1.82, 2.24) is 14.4 Å². The van der Waals surface area contributed by atoms with E-state index in [0.717, 1.165) is 55.1 Å². The molecule has 6 aromatic carbocycles. The number of nitrogens with zero attached hydrogens (tertiary/aromatic N) is 3. The van der Waals surface area contributed by atoms with Gasteiger partial charge in [-0.05, 0) is 58.3 Å². The highest BCUT2D eigenvalue weighted by Crippen LogP contribution is 2.40. The molecule has 9 aromatic rings. The highest BCUT2D eigenvalue weighted by atomic mass is 15.0. The monoisotopic (exact) mass is 521 g/mol. The molecule has 3 aromatic heterocycles. The second-order valence-corrected chi connectivity index (χ2v) is 10.6. The van der Waals surface area contributed by atoms with Gasteiger partial charge in [0, 0.05) is 27.3 Å². The Bertz CT molecular complexity index is 2490. The van der Waals surface area contributed by atoms with Crippen molar-refractivity contribution in [3.8, 4) is 22.3 Å². The van der Waals surface area contributed by atoms with Gasteiger partial charge in [0.2, 0.25) is 0 Å². The molecular weight excluding hydrogens is 498 g/mol. The topological polar surface area (TPSA) is 30.2 Å². The van der Waals surface area contributed by atoms with Crippen molar-refractivity contribution >= 4 is 60.2 Å². The number of benzene rings is 6. The fraction of sp³-hybridized carbons (Fsp3) is 0. The minimum Gasteiger partial charge on any atom is -0.292 e. The van der Waals surface area contributed by atoms with Crippen LogP contribution in [0.5, 0.6) is 0 Å². The van der Waals surface area contributed by atoms with E-state index in [0.29, 0.717) is 0 Å². The maximum atomic E-state index is 5.16. The van der Waals surface area contributed by atoms with Crippen molar-refractivity contribution in [3.63, 3.8) is 0 Å². The average Bonchev–Trinajstić information content (AvgIpc) is 3.43. The number of aromatic nitrogens is 3. The standard InChI is InChI=1S/C38H23N3/c1-3-14-28-24(10-1)20-21-30-36(29-15-4-5-16-32(29)39-37(28)30)27-13-9-12-25(22-27)31-23-26-11-2-7-18-34(26)41-35-19-8-6-17-33(35)40-38(31)41/h1-23H. The van der Waals surface area contributed by atoms with Gasteiger partial charge in [0.1, 0.15) is 5.65 Å². The van der Waals surface area contributed by atoms with E-state index >= 15 is 0 Å². The van der Waals surface area contributed by atoms with Crippen LogP contribution in [0.2, 0.25) is 0 Å². The molecule has 41 heavy (non-hydrogen) atoms. The van der Waals surface area contributed by atoms with Gasteiger partial charge >= 0.3 is 0 Å². The Morgan fingerprint density at radius 3 is 2.05 bits per heavy atom. The Labute approximate surface area is 236 Å². The van der Waals surface area contributed by atoms with Crippen LogP contribution in [-0.4, -0.2) is 14.4 Å². The van der Waals surface area contributed by atoms with E-state index in [1.54, 1.807) is 0 Å². The van der Waals surface area contributed by atoms with Crippen molar-refractivity contribution in [1.29, 1.82) is 0 Å². The molecule has 3 heterocycles. The first-order chi connectivity index (χ1) is 20.3. The molecule has 0 saturated carbocycles. The largest absolute Gasteiger partial charge is 0.292 e. The summed E-state index contributed by atoms with van der Waals surface area (Å²) in [4.78, 5) is 10.3. The van der Waals surface area contributed by atoms with Gasteiger partial charge in [-0.15, -0.1) is 0 Å². The minimum atomic E-state index is 0.970. The summed E-state index contributed by atoms with van der Waals surface area (Å²) in [6.07, 6.45) is 0. The molecule has 3 nitrogen and oxygen atoms in total. The third kappa shape index (κ3) is 3.26. The zero-order valence-corrected chi connectivity index (χ0v) is 22.1. The molecule has 0 radical (unpaired) electrons. The zero-order valence-electron chi connectivity index (χ0n) is 22.1. The summed E-state index contributed by atoms with van der Waals surface area (Å²) >= 11 is 0. The molecule has 9 rings (SSSR count). The van der Waals surface area contributed by atoms with E-state index in [1.807, 2.05) is 0 Å². The van der Waals surface area contributed by atoms with Gasteiger partial charge in [0.25, 0.3) is 0 Å². The lowest BCUT2D eigenvalue weighted by Gasteiger charge is -2.15. The molecule has 0 N–H and O–H groups in total. The van der Waals surface area contributed by atoms with Crippen LogP contribution in [-0.2, 0) is 0 Å². The van der Waals surface area contributed by atoms with Crippen molar-refractivity contribution in [2.45, 2.75) is 0 Å². The van der Waals surface area contributed by atoms with Crippen LogP contribution in [0, 0.1) is 0 Å². The Hall–Kier alpha value is -5.54. The maximum absolute atomic E-state index is 5.16. The third-order valence-electron chi connectivity index (χ3n) is 8.32. The van der Waals surface area contributed by atoms with Gasteiger partial charge in [-0.25, -0.2) is 9.97 Å². The predicted octanol–water partition coefficient (Wildman–Crippen LogP) is 9.83. The van der Waals surface area contributed by atoms with E-state index in [9.17, 15) is 0 Å². The summed E-state index contributed by atoms with van der Waals surface area (Å²) in [5.41, 5.74) is 10.9. The van der Waals surface area contributed by atoms with Crippen LogP contribution >= 0.6 is 0 Å². The Kier molecular flexibility index (Phi) is 4.61. The molecule has 0 fully saturated rings. The summed E-state index contributed by atoms with van der Waals surface area (Å²) in [5.74, 6) is 0. The number of para-hydroxylation sites is 4. The van der Waals surface area contributed by atoms with Crippen LogP contribution in [0.15, 0.2) is 140 Å². The Morgan fingerprint density at radius 2 is 1.15 bits per heavy atom. The lowest BCUT2D eigenvalue weighted by molar-refractivity contribution is 1.30. The second kappa shape index (κ2) is 8.48. The van der Waals surface area contributed by atoms with Gasteiger partial charge in [-0.1, -0.05) is 103 Å².